The van der Waals surface area contributed by atoms with Gasteiger partial charge in [0, 0.05) is 24.0 Å². The summed E-state index contributed by atoms with van der Waals surface area (Å²) >= 11 is 0. The van der Waals surface area contributed by atoms with E-state index in [-0.39, 0.29) is 12.1 Å². The Morgan fingerprint density at radius 3 is 2.33 bits per heavy atom. The van der Waals surface area contributed by atoms with E-state index in [9.17, 15) is 28.2 Å². The van der Waals surface area contributed by atoms with Gasteiger partial charge in [-0.25, -0.2) is 14.8 Å². The van der Waals surface area contributed by atoms with Crippen LogP contribution in [0.1, 0.15) is 23.5 Å². The number of nitrogens with zero attached hydrogens (tertiary/aromatic N) is 2. The molecule has 2 amide bonds. The molecule has 27 heavy (non-hydrogen) atoms. The molecule has 7 nitrogen and oxygen atoms in total. The first-order chi connectivity index (χ1) is 12.8. The number of benzene rings is 1. The summed E-state index contributed by atoms with van der Waals surface area (Å²) in [5.74, 6) is -0.408. The maximum Gasteiger partial charge on any atom is 0.416 e. The topological polar surface area (TPSA) is 107 Å². The summed E-state index contributed by atoms with van der Waals surface area (Å²) in [4.78, 5) is 20.0. The largest absolute Gasteiger partial charge is 0.416 e. The number of carbonyl (C=O) groups excluding carboxylic acids is 1. The standard InChI is InChI=1S/C17H17F3N4O3/c18-17(19,20)10-1-3-11(4-2-10)23-16(27)24-14-12(5-13(25)15(14)26)9-6-21-8-22-7-9/h1-4,6-8,12-15,25-26H,5H2,(H2,23,24,27)/t12-,13-,14-,15-/m1/s1. The molecule has 1 heterocycles. The van der Waals surface area contributed by atoms with Crippen molar-refractivity contribution in [1.82, 2.24) is 15.3 Å². The Balaban J connectivity index is 1.68. The summed E-state index contributed by atoms with van der Waals surface area (Å²) in [5.41, 5.74) is -0.0204. The smallest absolute Gasteiger partial charge is 0.390 e. The number of carbonyl (C=O) groups is 1. The van der Waals surface area contributed by atoms with Crippen molar-refractivity contribution in [3.63, 3.8) is 0 Å². The summed E-state index contributed by atoms with van der Waals surface area (Å²) in [6, 6.07) is 2.45. The van der Waals surface area contributed by atoms with Crippen LogP contribution in [0.5, 0.6) is 0 Å². The van der Waals surface area contributed by atoms with E-state index in [0.717, 1.165) is 24.3 Å². The third kappa shape index (κ3) is 4.34. The Labute approximate surface area is 152 Å². The second kappa shape index (κ2) is 7.49. The highest BCUT2D eigenvalue weighted by Gasteiger charge is 2.43. The number of aromatic nitrogens is 2. The van der Waals surface area contributed by atoms with Gasteiger partial charge in [0.15, 0.2) is 0 Å². The molecule has 10 heteroatoms. The van der Waals surface area contributed by atoms with Gasteiger partial charge in [-0.05, 0) is 36.2 Å². The first-order valence-corrected chi connectivity index (χ1v) is 8.11. The monoisotopic (exact) mass is 382 g/mol. The molecule has 144 valence electrons. The zero-order chi connectivity index (χ0) is 19.6. The predicted octanol–water partition coefficient (Wildman–Crippen LogP) is 1.89. The van der Waals surface area contributed by atoms with Crippen molar-refractivity contribution >= 4 is 11.7 Å². The molecule has 1 fully saturated rings. The number of nitrogens with one attached hydrogen (secondary N) is 2. The zero-order valence-corrected chi connectivity index (χ0v) is 13.9. The minimum Gasteiger partial charge on any atom is -0.390 e. The lowest BCUT2D eigenvalue weighted by Crippen LogP contribution is -2.47. The Hall–Kier alpha value is -2.72. The van der Waals surface area contributed by atoms with Crippen LogP contribution in [0, 0.1) is 0 Å². The second-order valence-corrected chi connectivity index (χ2v) is 6.27. The average molecular weight is 382 g/mol. The number of anilines is 1. The van der Waals surface area contributed by atoms with Crippen LogP contribution in [0.3, 0.4) is 0 Å². The van der Waals surface area contributed by atoms with E-state index in [1.165, 1.54) is 18.7 Å². The number of urea groups is 1. The van der Waals surface area contributed by atoms with Crippen LogP contribution in [0.4, 0.5) is 23.7 Å². The van der Waals surface area contributed by atoms with Gasteiger partial charge in [0.05, 0.1) is 17.7 Å². The van der Waals surface area contributed by atoms with Gasteiger partial charge in [0.1, 0.15) is 12.4 Å². The zero-order valence-electron chi connectivity index (χ0n) is 13.9. The van der Waals surface area contributed by atoms with Crippen LogP contribution in [0.15, 0.2) is 43.0 Å². The normalized spacial score (nSPS) is 25.2. The maximum absolute atomic E-state index is 12.6. The lowest BCUT2D eigenvalue weighted by molar-refractivity contribution is -0.137. The molecule has 1 aromatic heterocycles. The molecule has 0 spiro atoms. The van der Waals surface area contributed by atoms with E-state index in [0.29, 0.717) is 5.56 Å². The van der Waals surface area contributed by atoms with Crippen molar-refractivity contribution in [2.75, 3.05) is 5.32 Å². The number of amides is 2. The molecule has 4 atom stereocenters. The Morgan fingerprint density at radius 1 is 1.11 bits per heavy atom. The van der Waals surface area contributed by atoms with Crippen LogP contribution < -0.4 is 10.6 Å². The highest BCUT2D eigenvalue weighted by atomic mass is 19.4. The first kappa shape index (κ1) is 19.1. The fraction of sp³-hybridized carbons (Fsp3) is 0.353. The summed E-state index contributed by atoms with van der Waals surface area (Å²) in [5, 5.41) is 25.1. The van der Waals surface area contributed by atoms with Gasteiger partial charge in [0.25, 0.3) is 0 Å². The summed E-state index contributed by atoms with van der Waals surface area (Å²) in [6.07, 6.45) is -2.09. The van der Waals surface area contributed by atoms with Gasteiger partial charge < -0.3 is 20.8 Å². The lowest BCUT2D eigenvalue weighted by atomic mass is 9.96. The third-order valence-corrected chi connectivity index (χ3v) is 4.47. The fourth-order valence-electron chi connectivity index (χ4n) is 3.12. The molecule has 2 aromatic rings. The molecule has 0 bridgehead atoms. The van der Waals surface area contributed by atoms with Gasteiger partial charge in [0.2, 0.25) is 0 Å². The van der Waals surface area contributed by atoms with Crippen molar-refractivity contribution in [2.24, 2.45) is 0 Å². The van der Waals surface area contributed by atoms with E-state index in [1.807, 2.05) is 0 Å². The van der Waals surface area contributed by atoms with Crippen molar-refractivity contribution in [3.8, 4) is 0 Å². The van der Waals surface area contributed by atoms with E-state index in [2.05, 4.69) is 20.6 Å². The van der Waals surface area contributed by atoms with Crippen LogP contribution in [-0.4, -0.2) is 44.5 Å². The van der Waals surface area contributed by atoms with E-state index >= 15 is 0 Å². The Kier molecular flexibility index (Phi) is 5.29. The highest BCUT2D eigenvalue weighted by molar-refractivity contribution is 5.89. The molecule has 1 saturated carbocycles. The molecule has 4 N–H and O–H groups in total. The van der Waals surface area contributed by atoms with Gasteiger partial charge in [-0.15, -0.1) is 0 Å². The van der Waals surface area contributed by atoms with Crippen LogP contribution in [0.2, 0.25) is 0 Å². The van der Waals surface area contributed by atoms with Gasteiger partial charge in [-0.2, -0.15) is 13.2 Å². The molecule has 1 aromatic carbocycles. The molecular weight excluding hydrogens is 365 g/mol. The molecule has 0 saturated heterocycles. The van der Waals surface area contributed by atoms with Gasteiger partial charge in [-0.3, -0.25) is 0 Å². The van der Waals surface area contributed by atoms with E-state index in [1.54, 1.807) is 0 Å². The number of aliphatic hydroxyl groups is 2. The quantitative estimate of drug-likeness (QED) is 0.649. The van der Waals surface area contributed by atoms with Crippen molar-refractivity contribution < 1.29 is 28.2 Å². The van der Waals surface area contributed by atoms with Crippen LogP contribution in [-0.2, 0) is 6.18 Å². The minimum atomic E-state index is -4.46. The number of aliphatic hydroxyl groups excluding tert-OH is 2. The van der Waals surface area contributed by atoms with Crippen molar-refractivity contribution in [3.05, 3.63) is 54.1 Å². The molecule has 0 unspecified atom stereocenters. The Morgan fingerprint density at radius 2 is 1.74 bits per heavy atom. The number of alkyl halides is 3. The molecule has 1 aliphatic carbocycles. The van der Waals surface area contributed by atoms with E-state index in [4.69, 9.17) is 0 Å². The van der Waals surface area contributed by atoms with Gasteiger partial charge >= 0.3 is 12.2 Å². The SMILES string of the molecule is O=C(Nc1ccc(C(F)(F)F)cc1)N[C@H]1[C@H](O)[C@H](O)C[C@@H]1c1cncnc1. The highest BCUT2D eigenvalue weighted by Crippen LogP contribution is 2.35. The predicted molar refractivity (Wildman–Crippen MR) is 88.8 cm³/mol. The third-order valence-electron chi connectivity index (χ3n) is 4.47. The lowest BCUT2D eigenvalue weighted by Gasteiger charge is -2.23. The van der Waals surface area contributed by atoms with Crippen LogP contribution >= 0.6 is 0 Å². The summed E-state index contributed by atoms with van der Waals surface area (Å²) < 4.78 is 37.7. The maximum atomic E-state index is 12.6. The number of halogens is 3. The van der Waals surface area contributed by atoms with Crippen LogP contribution in [0.25, 0.3) is 0 Å². The van der Waals surface area contributed by atoms with Crippen molar-refractivity contribution in [1.29, 1.82) is 0 Å². The minimum absolute atomic E-state index is 0.160. The number of hydrogen-bond acceptors (Lipinski definition) is 5. The molecule has 3 rings (SSSR count). The van der Waals surface area contributed by atoms with Crippen molar-refractivity contribution in [2.45, 2.75) is 36.8 Å². The number of rotatable bonds is 3. The molecule has 1 aliphatic rings. The average Bonchev–Trinajstić information content (AvgIpc) is 2.90. The first-order valence-electron chi connectivity index (χ1n) is 8.11. The Bertz CT molecular complexity index is 786. The second-order valence-electron chi connectivity index (χ2n) is 6.27. The van der Waals surface area contributed by atoms with Gasteiger partial charge in [-0.1, -0.05) is 0 Å². The summed E-state index contributed by atoms with van der Waals surface area (Å²) in [7, 11) is 0. The molecule has 0 radical (unpaired) electrons. The van der Waals surface area contributed by atoms with E-state index < -0.39 is 41.9 Å². The fourth-order valence-corrected chi connectivity index (χ4v) is 3.12. The molecule has 0 aliphatic heterocycles. The molecular formula is C17H17F3N4O3. The summed E-state index contributed by atoms with van der Waals surface area (Å²) in [6.45, 7) is 0. The number of hydrogen-bond donors (Lipinski definition) is 4.